The van der Waals surface area contributed by atoms with Crippen molar-refractivity contribution in [3.05, 3.63) is 50.9 Å². The monoisotopic (exact) mass is 299 g/mol. The lowest BCUT2D eigenvalue weighted by Gasteiger charge is -2.13. The molecule has 0 aliphatic carbocycles. The normalized spacial score (nSPS) is 12.4. The minimum absolute atomic E-state index is 0.128. The molecule has 19 heavy (non-hydrogen) atoms. The van der Waals surface area contributed by atoms with Gasteiger partial charge in [0.15, 0.2) is 11.6 Å². The van der Waals surface area contributed by atoms with Gasteiger partial charge in [-0.05, 0) is 25.1 Å². The van der Waals surface area contributed by atoms with Crippen molar-refractivity contribution in [2.75, 3.05) is 7.11 Å². The summed E-state index contributed by atoms with van der Waals surface area (Å²) in [5.41, 5.74) is 0.592. The number of nitrogens with one attached hydrogen (secondary N) is 1. The lowest BCUT2D eigenvalue weighted by Crippen LogP contribution is -2.18. The van der Waals surface area contributed by atoms with Crippen molar-refractivity contribution in [2.24, 2.45) is 0 Å². The summed E-state index contributed by atoms with van der Waals surface area (Å²) in [6.07, 6.45) is 0. The summed E-state index contributed by atoms with van der Waals surface area (Å²) in [6, 6.07) is 9.12. The van der Waals surface area contributed by atoms with E-state index in [0.717, 1.165) is 9.21 Å². The van der Waals surface area contributed by atoms with Crippen LogP contribution in [0, 0.1) is 5.82 Å². The zero-order valence-electron chi connectivity index (χ0n) is 10.7. The third-order valence-corrected chi connectivity index (χ3v) is 4.30. The van der Waals surface area contributed by atoms with Gasteiger partial charge in [-0.1, -0.05) is 23.7 Å². The van der Waals surface area contributed by atoms with Crippen LogP contribution >= 0.6 is 22.9 Å². The molecule has 1 atom stereocenters. The van der Waals surface area contributed by atoms with Gasteiger partial charge in [0.05, 0.1) is 11.4 Å². The van der Waals surface area contributed by atoms with Crippen LogP contribution in [-0.4, -0.2) is 7.11 Å². The van der Waals surface area contributed by atoms with Crippen molar-refractivity contribution in [3.8, 4) is 5.75 Å². The smallest absolute Gasteiger partial charge is 0.169 e. The van der Waals surface area contributed by atoms with E-state index in [0.29, 0.717) is 12.1 Å². The van der Waals surface area contributed by atoms with Crippen LogP contribution in [0.15, 0.2) is 30.3 Å². The lowest BCUT2D eigenvalue weighted by molar-refractivity contribution is 0.382. The minimum atomic E-state index is -0.311. The molecule has 5 heteroatoms. The average Bonchev–Trinajstić information content (AvgIpc) is 2.84. The topological polar surface area (TPSA) is 21.3 Å². The standard InChI is InChI=1S/C14H15ClFNOS/c1-9(12-6-7-13(15)19-12)17-8-10-4-3-5-11(18-2)14(10)16/h3-7,9,17H,8H2,1-2H3. The summed E-state index contributed by atoms with van der Waals surface area (Å²) in [5, 5.41) is 3.28. The maximum absolute atomic E-state index is 13.9. The van der Waals surface area contributed by atoms with Gasteiger partial charge in [0.25, 0.3) is 0 Å². The second-order valence-electron chi connectivity index (χ2n) is 4.18. The first-order valence-corrected chi connectivity index (χ1v) is 7.11. The molecule has 1 aromatic carbocycles. The number of hydrogen-bond donors (Lipinski definition) is 1. The third kappa shape index (κ3) is 3.47. The Hall–Kier alpha value is -1.10. The number of methoxy groups -OCH3 is 1. The van der Waals surface area contributed by atoms with Crippen molar-refractivity contribution < 1.29 is 9.13 Å². The molecule has 0 amide bonds. The lowest BCUT2D eigenvalue weighted by atomic mass is 10.2. The molecule has 0 aliphatic heterocycles. The van der Waals surface area contributed by atoms with Crippen molar-refractivity contribution in [1.82, 2.24) is 5.32 Å². The van der Waals surface area contributed by atoms with Gasteiger partial charge in [-0.15, -0.1) is 11.3 Å². The first-order chi connectivity index (χ1) is 9.11. The van der Waals surface area contributed by atoms with Crippen LogP contribution in [0.4, 0.5) is 4.39 Å². The van der Waals surface area contributed by atoms with E-state index in [-0.39, 0.29) is 17.6 Å². The van der Waals surface area contributed by atoms with E-state index in [1.807, 2.05) is 19.1 Å². The highest BCUT2D eigenvalue weighted by molar-refractivity contribution is 7.16. The maximum Gasteiger partial charge on any atom is 0.169 e. The average molecular weight is 300 g/mol. The van der Waals surface area contributed by atoms with E-state index in [1.54, 1.807) is 18.2 Å². The second kappa shape index (κ2) is 6.37. The number of rotatable bonds is 5. The molecule has 1 heterocycles. The van der Waals surface area contributed by atoms with Gasteiger partial charge < -0.3 is 10.1 Å². The van der Waals surface area contributed by atoms with Crippen LogP contribution in [0.25, 0.3) is 0 Å². The fraction of sp³-hybridized carbons (Fsp3) is 0.286. The van der Waals surface area contributed by atoms with Crippen LogP contribution < -0.4 is 10.1 Å². The minimum Gasteiger partial charge on any atom is -0.494 e. The van der Waals surface area contributed by atoms with E-state index in [2.05, 4.69) is 5.32 Å². The van der Waals surface area contributed by atoms with E-state index in [9.17, 15) is 4.39 Å². The van der Waals surface area contributed by atoms with Gasteiger partial charge in [-0.25, -0.2) is 4.39 Å². The molecule has 0 bridgehead atoms. The predicted octanol–water partition coefficient (Wildman–Crippen LogP) is 4.40. The van der Waals surface area contributed by atoms with Crippen molar-refractivity contribution >= 4 is 22.9 Å². The molecule has 102 valence electrons. The van der Waals surface area contributed by atoms with E-state index < -0.39 is 0 Å². The highest BCUT2D eigenvalue weighted by atomic mass is 35.5. The first-order valence-electron chi connectivity index (χ1n) is 5.92. The number of ether oxygens (including phenoxy) is 1. The molecule has 1 unspecified atom stereocenters. The second-order valence-corrected chi connectivity index (χ2v) is 5.92. The molecule has 0 aliphatic rings. The van der Waals surface area contributed by atoms with Crippen LogP contribution in [0.3, 0.4) is 0 Å². The Morgan fingerprint density at radius 3 is 2.79 bits per heavy atom. The molecule has 0 saturated heterocycles. The summed E-state index contributed by atoms with van der Waals surface area (Å²) < 4.78 is 19.7. The fourth-order valence-corrected chi connectivity index (χ4v) is 2.86. The number of hydrogen-bond acceptors (Lipinski definition) is 3. The van der Waals surface area contributed by atoms with Crippen LogP contribution in [0.5, 0.6) is 5.75 Å². The van der Waals surface area contributed by atoms with Crippen LogP contribution in [-0.2, 0) is 6.54 Å². The van der Waals surface area contributed by atoms with Gasteiger partial charge >= 0.3 is 0 Å². The quantitative estimate of drug-likeness (QED) is 0.883. The van der Waals surface area contributed by atoms with Gasteiger partial charge in [0.1, 0.15) is 0 Å². The summed E-state index contributed by atoms with van der Waals surface area (Å²) >= 11 is 7.43. The van der Waals surface area contributed by atoms with Gasteiger partial charge in [0, 0.05) is 23.0 Å². The Morgan fingerprint density at radius 1 is 1.37 bits per heavy atom. The molecule has 2 aromatic rings. The van der Waals surface area contributed by atoms with Gasteiger partial charge in [-0.2, -0.15) is 0 Å². The molecule has 0 spiro atoms. The van der Waals surface area contributed by atoms with Crippen molar-refractivity contribution in [1.29, 1.82) is 0 Å². The Balaban J connectivity index is 2.02. The zero-order chi connectivity index (χ0) is 13.8. The number of thiophene rings is 1. The van der Waals surface area contributed by atoms with Crippen LogP contribution in [0.1, 0.15) is 23.4 Å². The highest BCUT2D eigenvalue weighted by Gasteiger charge is 2.11. The van der Waals surface area contributed by atoms with Crippen LogP contribution in [0.2, 0.25) is 4.34 Å². The molecule has 2 rings (SSSR count). The molecule has 1 aromatic heterocycles. The summed E-state index contributed by atoms with van der Waals surface area (Å²) in [6.45, 7) is 2.47. The molecule has 0 saturated carbocycles. The third-order valence-electron chi connectivity index (χ3n) is 2.88. The number of halogens is 2. The largest absolute Gasteiger partial charge is 0.494 e. The zero-order valence-corrected chi connectivity index (χ0v) is 12.3. The highest BCUT2D eigenvalue weighted by Crippen LogP contribution is 2.27. The van der Waals surface area contributed by atoms with E-state index in [4.69, 9.17) is 16.3 Å². The SMILES string of the molecule is COc1cccc(CNC(C)c2ccc(Cl)s2)c1F. The van der Waals surface area contributed by atoms with E-state index >= 15 is 0 Å². The number of benzene rings is 1. The molecular weight excluding hydrogens is 285 g/mol. The molecule has 2 nitrogen and oxygen atoms in total. The Morgan fingerprint density at radius 2 is 2.16 bits per heavy atom. The van der Waals surface area contributed by atoms with E-state index in [1.165, 1.54) is 18.4 Å². The Labute approximate surface area is 121 Å². The fourth-order valence-electron chi connectivity index (χ4n) is 1.78. The summed E-state index contributed by atoms with van der Waals surface area (Å²) in [5.74, 6) is -0.0416. The molecule has 0 radical (unpaired) electrons. The van der Waals surface area contributed by atoms with Crippen molar-refractivity contribution in [2.45, 2.75) is 19.5 Å². The molecular formula is C14H15ClFNOS. The van der Waals surface area contributed by atoms with Crippen molar-refractivity contribution in [3.63, 3.8) is 0 Å². The first kappa shape index (κ1) is 14.3. The maximum atomic E-state index is 13.9. The Kier molecular flexibility index (Phi) is 4.80. The summed E-state index contributed by atoms with van der Waals surface area (Å²) in [7, 11) is 1.46. The van der Waals surface area contributed by atoms with Gasteiger partial charge in [-0.3, -0.25) is 0 Å². The molecule has 0 fully saturated rings. The predicted molar refractivity (Wildman–Crippen MR) is 77.5 cm³/mol. The summed E-state index contributed by atoms with van der Waals surface area (Å²) in [4.78, 5) is 1.13. The van der Waals surface area contributed by atoms with Gasteiger partial charge in [0.2, 0.25) is 0 Å². The molecule has 1 N–H and O–H groups in total. The Bertz CT molecular complexity index is 558.